The van der Waals surface area contributed by atoms with E-state index in [1.165, 1.54) is 21.3 Å². The molecule has 0 bridgehead atoms. The Morgan fingerprint density at radius 2 is 1.42 bits per heavy atom. The van der Waals surface area contributed by atoms with Crippen LogP contribution in [-0.2, 0) is 0 Å². The molecule has 0 amide bonds. The summed E-state index contributed by atoms with van der Waals surface area (Å²) in [5, 5.41) is 0. The number of aromatic nitrogens is 1. The molecule has 0 radical (unpaired) electrons. The molecule has 0 aliphatic rings. The number of ether oxygens (including phenoxy) is 4. The third-order valence-electron chi connectivity index (χ3n) is 5.43. The van der Waals surface area contributed by atoms with Gasteiger partial charge in [0, 0.05) is 34.8 Å². The van der Waals surface area contributed by atoms with E-state index in [1.807, 2.05) is 71.6 Å². The summed E-state index contributed by atoms with van der Waals surface area (Å²) < 4.78 is 23.6. The van der Waals surface area contributed by atoms with Crippen LogP contribution in [0.15, 0.2) is 79.1 Å². The van der Waals surface area contributed by atoms with Gasteiger partial charge in [-0.2, -0.15) is 0 Å². The Kier molecular flexibility index (Phi) is 6.36. The first kappa shape index (κ1) is 22.0. The Balaban J connectivity index is 1.89. The number of rotatable bonds is 8. The molecule has 0 fully saturated rings. The van der Waals surface area contributed by atoms with Gasteiger partial charge in [0.15, 0.2) is 17.3 Å². The third-order valence-corrected chi connectivity index (χ3v) is 5.43. The number of carbonyl (C=O) groups excluding carboxylic acids is 1. The molecule has 0 aliphatic carbocycles. The maximum absolute atomic E-state index is 13.8. The van der Waals surface area contributed by atoms with Crippen molar-refractivity contribution in [2.75, 3.05) is 28.4 Å². The van der Waals surface area contributed by atoms with E-state index in [0.717, 1.165) is 16.8 Å². The number of ketones is 1. The van der Waals surface area contributed by atoms with Gasteiger partial charge in [0.25, 0.3) is 0 Å². The van der Waals surface area contributed by atoms with E-state index in [-0.39, 0.29) is 5.78 Å². The quantitative estimate of drug-likeness (QED) is 0.341. The lowest BCUT2D eigenvalue weighted by Crippen LogP contribution is -2.04. The third kappa shape index (κ3) is 4.28. The molecule has 6 heteroatoms. The molecule has 6 nitrogen and oxygen atoms in total. The van der Waals surface area contributed by atoms with Gasteiger partial charge in [-0.05, 0) is 42.0 Å². The highest BCUT2D eigenvalue weighted by molar-refractivity contribution is 6.13. The van der Waals surface area contributed by atoms with Gasteiger partial charge in [0.05, 0.1) is 28.4 Å². The van der Waals surface area contributed by atoms with Crippen molar-refractivity contribution < 1.29 is 23.7 Å². The van der Waals surface area contributed by atoms with Crippen LogP contribution in [0.1, 0.15) is 15.9 Å². The highest BCUT2D eigenvalue weighted by atomic mass is 16.5. The molecule has 168 valence electrons. The van der Waals surface area contributed by atoms with E-state index in [9.17, 15) is 4.79 Å². The molecule has 0 saturated heterocycles. The van der Waals surface area contributed by atoms with Crippen molar-refractivity contribution in [2.24, 2.45) is 0 Å². The maximum Gasteiger partial charge on any atom is 0.203 e. The SMILES string of the molecule is COc1cccc(-c2cn(-c3ccccc3)cc2C(=O)c2cc(OC)c(OC)c(OC)c2)c1. The zero-order valence-electron chi connectivity index (χ0n) is 19.0. The van der Waals surface area contributed by atoms with Crippen LogP contribution in [0.5, 0.6) is 23.0 Å². The monoisotopic (exact) mass is 443 g/mol. The molecule has 4 aromatic rings. The highest BCUT2D eigenvalue weighted by Gasteiger charge is 2.22. The van der Waals surface area contributed by atoms with Crippen LogP contribution in [0.4, 0.5) is 0 Å². The summed E-state index contributed by atoms with van der Waals surface area (Å²) in [6, 6.07) is 20.8. The number of para-hydroxylation sites is 1. The van der Waals surface area contributed by atoms with Gasteiger partial charge in [0.1, 0.15) is 5.75 Å². The molecule has 0 saturated carbocycles. The lowest BCUT2D eigenvalue weighted by molar-refractivity contribution is 0.103. The summed E-state index contributed by atoms with van der Waals surface area (Å²) in [6.45, 7) is 0. The second-order valence-corrected chi connectivity index (χ2v) is 7.30. The first-order chi connectivity index (χ1) is 16.1. The molecule has 0 spiro atoms. The molecule has 1 heterocycles. The van der Waals surface area contributed by atoms with Crippen LogP contribution in [0, 0.1) is 0 Å². The average molecular weight is 443 g/mol. The van der Waals surface area contributed by atoms with Crippen molar-refractivity contribution in [3.8, 4) is 39.8 Å². The number of hydrogen-bond acceptors (Lipinski definition) is 5. The van der Waals surface area contributed by atoms with Crippen LogP contribution < -0.4 is 18.9 Å². The molecular weight excluding hydrogens is 418 g/mol. The number of benzene rings is 3. The van der Waals surface area contributed by atoms with Gasteiger partial charge in [-0.15, -0.1) is 0 Å². The summed E-state index contributed by atoms with van der Waals surface area (Å²) in [5.41, 5.74) is 3.59. The number of nitrogens with zero attached hydrogens (tertiary/aromatic N) is 1. The van der Waals surface area contributed by atoms with Crippen molar-refractivity contribution >= 4 is 5.78 Å². The largest absolute Gasteiger partial charge is 0.497 e. The molecule has 1 aromatic heterocycles. The van der Waals surface area contributed by atoms with Gasteiger partial charge in [0.2, 0.25) is 5.75 Å². The first-order valence-corrected chi connectivity index (χ1v) is 10.4. The van der Waals surface area contributed by atoms with Crippen LogP contribution in [-0.4, -0.2) is 38.8 Å². The van der Waals surface area contributed by atoms with Gasteiger partial charge in [-0.25, -0.2) is 0 Å². The van der Waals surface area contributed by atoms with Gasteiger partial charge in [-0.3, -0.25) is 4.79 Å². The van der Waals surface area contributed by atoms with Crippen molar-refractivity contribution in [3.63, 3.8) is 0 Å². The van der Waals surface area contributed by atoms with E-state index >= 15 is 0 Å². The zero-order chi connectivity index (χ0) is 23.4. The van der Waals surface area contributed by atoms with Crippen LogP contribution in [0.3, 0.4) is 0 Å². The predicted molar refractivity (Wildman–Crippen MR) is 127 cm³/mol. The molecule has 3 aromatic carbocycles. The van der Waals surface area contributed by atoms with Crippen molar-refractivity contribution in [2.45, 2.75) is 0 Å². The normalized spacial score (nSPS) is 10.5. The topological polar surface area (TPSA) is 58.9 Å². The van der Waals surface area contributed by atoms with Crippen LogP contribution in [0.25, 0.3) is 16.8 Å². The minimum atomic E-state index is -0.165. The Morgan fingerprint density at radius 1 is 0.727 bits per heavy atom. The van der Waals surface area contributed by atoms with Crippen molar-refractivity contribution in [1.82, 2.24) is 4.57 Å². The Bertz CT molecular complexity index is 1250. The second-order valence-electron chi connectivity index (χ2n) is 7.30. The van der Waals surface area contributed by atoms with E-state index in [0.29, 0.717) is 34.1 Å². The molecule has 0 aliphatic heterocycles. The first-order valence-electron chi connectivity index (χ1n) is 10.4. The summed E-state index contributed by atoms with van der Waals surface area (Å²) in [7, 11) is 6.21. The Morgan fingerprint density at radius 3 is 2.03 bits per heavy atom. The molecule has 0 unspecified atom stereocenters. The number of methoxy groups -OCH3 is 4. The number of hydrogen-bond donors (Lipinski definition) is 0. The Labute approximate surface area is 192 Å². The molecule has 4 rings (SSSR count). The van der Waals surface area contributed by atoms with Crippen LogP contribution in [0.2, 0.25) is 0 Å². The fourth-order valence-corrected chi connectivity index (χ4v) is 3.77. The minimum Gasteiger partial charge on any atom is -0.497 e. The van der Waals surface area contributed by atoms with E-state index in [2.05, 4.69) is 0 Å². The lowest BCUT2D eigenvalue weighted by atomic mass is 9.97. The van der Waals surface area contributed by atoms with E-state index < -0.39 is 0 Å². The summed E-state index contributed by atoms with van der Waals surface area (Å²) >= 11 is 0. The summed E-state index contributed by atoms with van der Waals surface area (Å²) in [4.78, 5) is 13.8. The van der Waals surface area contributed by atoms with E-state index in [4.69, 9.17) is 18.9 Å². The zero-order valence-corrected chi connectivity index (χ0v) is 19.0. The van der Waals surface area contributed by atoms with Gasteiger partial charge >= 0.3 is 0 Å². The molecule has 0 N–H and O–H groups in total. The Hall–Kier alpha value is -4.19. The average Bonchev–Trinajstić information content (AvgIpc) is 3.33. The lowest BCUT2D eigenvalue weighted by Gasteiger charge is -2.14. The maximum atomic E-state index is 13.8. The standard InChI is InChI=1S/C27H25NO5/c1-30-21-12-8-9-18(13-21)22-16-28(20-10-6-5-7-11-20)17-23(22)26(29)19-14-24(31-2)27(33-4)25(15-19)32-3/h5-17H,1-4H3. The van der Waals surface area contributed by atoms with Crippen LogP contribution >= 0.6 is 0 Å². The van der Waals surface area contributed by atoms with Crippen molar-refractivity contribution in [1.29, 1.82) is 0 Å². The van der Waals surface area contributed by atoms with Gasteiger partial charge < -0.3 is 23.5 Å². The fourth-order valence-electron chi connectivity index (χ4n) is 3.77. The molecule has 33 heavy (non-hydrogen) atoms. The molecule has 0 atom stereocenters. The molecular formula is C27H25NO5. The summed E-state index contributed by atoms with van der Waals surface area (Å²) in [6.07, 6.45) is 3.80. The fraction of sp³-hybridized carbons (Fsp3) is 0.148. The highest BCUT2D eigenvalue weighted by Crippen LogP contribution is 2.39. The smallest absolute Gasteiger partial charge is 0.203 e. The summed E-state index contributed by atoms with van der Waals surface area (Å²) in [5.74, 6) is 1.83. The second kappa shape index (κ2) is 9.53. The minimum absolute atomic E-state index is 0.165. The number of carbonyl (C=O) groups is 1. The van der Waals surface area contributed by atoms with Gasteiger partial charge in [-0.1, -0.05) is 30.3 Å². The predicted octanol–water partition coefficient (Wildman–Crippen LogP) is 5.41. The van der Waals surface area contributed by atoms with E-state index in [1.54, 1.807) is 19.2 Å². The van der Waals surface area contributed by atoms with Crippen molar-refractivity contribution in [3.05, 3.63) is 90.3 Å².